The lowest BCUT2D eigenvalue weighted by atomic mass is 10.0. The fraction of sp³-hybridized carbons (Fsp3) is 0.316. The molecule has 1 aromatic heterocycles. The van der Waals surface area contributed by atoms with Crippen LogP contribution in [0, 0.1) is 5.82 Å². The number of hydrogen-bond donors (Lipinski definition) is 1. The van der Waals surface area contributed by atoms with Crippen molar-refractivity contribution in [3.8, 4) is 16.9 Å². The molecule has 1 N–H and O–H groups in total. The molecule has 0 atom stereocenters. The average molecular weight is 377 g/mol. The third-order valence-corrected chi connectivity index (χ3v) is 3.52. The first-order chi connectivity index (χ1) is 12.5. The molecule has 0 saturated heterocycles. The highest BCUT2D eigenvalue weighted by Crippen LogP contribution is 2.25. The van der Waals surface area contributed by atoms with E-state index in [1.807, 2.05) is 0 Å². The molecule has 7 nitrogen and oxygen atoms in total. The summed E-state index contributed by atoms with van der Waals surface area (Å²) >= 11 is 0. The number of carboxylic acids is 1. The maximum Gasteiger partial charge on any atom is 0.341 e. The van der Waals surface area contributed by atoms with Gasteiger partial charge in [-0.2, -0.15) is 0 Å². The molecule has 0 fully saturated rings. The van der Waals surface area contributed by atoms with Crippen LogP contribution in [0.5, 0.6) is 5.75 Å². The second kappa shape index (κ2) is 7.61. The summed E-state index contributed by atoms with van der Waals surface area (Å²) in [6, 6.07) is 5.19. The molecule has 0 aliphatic carbocycles. The number of carbonyl (C=O) groups is 2. The maximum atomic E-state index is 14.0. The topological polar surface area (TPSA) is 94.8 Å². The third kappa shape index (κ3) is 4.93. The van der Waals surface area contributed by atoms with Crippen LogP contribution in [0.1, 0.15) is 31.1 Å². The van der Waals surface area contributed by atoms with Crippen molar-refractivity contribution in [2.45, 2.75) is 32.9 Å². The van der Waals surface area contributed by atoms with Crippen molar-refractivity contribution < 1.29 is 28.6 Å². The van der Waals surface area contributed by atoms with Crippen LogP contribution < -0.4 is 10.3 Å². The number of hydrogen-bond acceptors (Lipinski definition) is 5. The van der Waals surface area contributed by atoms with Crippen molar-refractivity contribution in [2.24, 2.45) is 0 Å². The number of benzene rings is 1. The van der Waals surface area contributed by atoms with E-state index in [-0.39, 0.29) is 11.3 Å². The van der Waals surface area contributed by atoms with Gasteiger partial charge in [-0.25, -0.2) is 9.18 Å². The summed E-state index contributed by atoms with van der Waals surface area (Å²) in [5.41, 5.74) is -1.56. The van der Waals surface area contributed by atoms with Gasteiger partial charge in [0, 0.05) is 6.20 Å². The Morgan fingerprint density at radius 2 is 1.85 bits per heavy atom. The molecule has 0 bridgehead atoms. The zero-order valence-electron chi connectivity index (χ0n) is 15.4. The van der Waals surface area contributed by atoms with E-state index in [0.29, 0.717) is 5.56 Å². The number of esters is 1. The summed E-state index contributed by atoms with van der Waals surface area (Å²) in [6.07, 6.45) is 1.29. The van der Waals surface area contributed by atoms with Crippen molar-refractivity contribution >= 4 is 11.9 Å². The minimum atomic E-state index is -1.45. The Morgan fingerprint density at radius 3 is 2.37 bits per heavy atom. The van der Waals surface area contributed by atoms with Crippen LogP contribution in [-0.4, -0.2) is 34.3 Å². The van der Waals surface area contributed by atoms with E-state index < -0.39 is 41.0 Å². The van der Waals surface area contributed by atoms with Gasteiger partial charge in [0.05, 0.1) is 7.11 Å². The van der Waals surface area contributed by atoms with Crippen molar-refractivity contribution in [3.05, 3.63) is 52.2 Å². The van der Waals surface area contributed by atoms with Crippen molar-refractivity contribution in [1.82, 2.24) is 4.57 Å². The summed E-state index contributed by atoms with van der Waals surface area (Å²) in [4.78, 5) is 35.8. The Bertz CT molecular complexity index is 942. The monoisotopic (exact) mass is 377 g/mol. The first kappa shape index (κ1) is 20.2. The number of pyridine rings is 1. The Labute approximate surface area is 155 Å². The van der Waals surface area contributed by atoms with E-state index in [1.165, 1.54) is 25.4 Å². The Kier molecular flexibility index (Phi) is 5.68. The number of carboxylic acid groups (broad SMARTS) is 1. The third-order valence-electron chi connectivity index (χ3n) is 3.52. The van der Waals surface area contributed by atoms with Crippen molar-refractivity contribution in [2.75, 3.05) is 7.11 Å². The first-order valence-electron chi connectivity index (χ1n) is 8.05. The molecule has 0 aliphatic rings. The highest BCUT2D eigenvalue weighted by Gasteiger charge is 2.20. The van der Waals surface area contributed by atoms with Gasteiger partial charge in [-0.05, 0) is 50.1 Å². The van der Waals surface area contributed by atoms with Gasteiger partial charge in [0.2, 0.25) is 0 Å². The smallest absolute Gasteiger partial charge is 0.341 e. The van der Waals surface area contributed by atoms with E-state index in [0.717, 1.165) is 16.7 Å². The predicted octanol–water partition coefficient (Wildman–Crippen LogP) is 2.70. The SMILES string of the molecule is COc1ccc(-c2cc(C(=O)O)c(=O)n(CC(=O)OC(C)(C)C)c2)cc1F. The lowest BCUT2D eigenvalue weighted by Gasteiger charge is -2.20. The zero-order chi connectivity index (χ0) is 20.4. The average Bonchev–Trinajstić information content (AvgIpc) is 2.54. The van der Waals surface area contributed by atoms with Gasteiger partial charge in [-0.3, -0.25) is 9.59 Å². The number of methoxy groups -OCH3 is 1. The molecule has 0 aliphatic heterocycles. The minimum absolute atomic E-state index is 0.0271. The van der Waals surface area contributed by atoms with Gasteiger partial charge >= 0.3 is 11.9 Å². The van der Waals surface area contributed by atoms with Crippen LogP contribution in [0.2, 0.25) is 0 Å². The van der Waals surface area contributed by atoms with E-state index in [9.17, 15) is 23.9 Å². The normalized spacial score (nSPS) is 11.1. The number of rotatable bonds is 5. The van der Waals surface area contributed by atoms with Gasteiger partial charge < -0.3 is 19.1 Å². The van der Waals surface area contributed by atoms with E-state index in [4.69, 9.17) is 9.47 Å². The summed E-state index contributed by atoms with van der Waals surface area (Å²) in [5, 5.41) is 9.30. The molecule has 0 unspecified atom stereocenters. The Morgan fingerprint density at radius 1 is 1.19 bits per heavy atom. The summed E-state index contributed by atoms with van der Waals surface area (Å²) in [5.74, 6) is -2.76. The second-order valence-corrected chi connectivity index (χ2v) is 6.82. The number of aromatic carboxylic acids is 1. The summed E-state index contributed by atoms with van der Waals surface area (Å²) in [6.45, 7) is 4.55. The largest absolute Gasteiger partial charge is 0.494 e. The van der Waals surface area contributed by atoms with Crippen LogP contribution in [-0.2, 0) is 16.1 Å². The molecule has 2 aromatic rings. The molecule has 0 saturated carbocycles. The van der Waals surface area contributed by atoms with Gasteiger partial charge in [0.1, 0.15) is 17.7 Å². The molecule has 1 heterocycles. The number of halogens is 1. The number of carbonyl (C=O) groups excluding carboxylic acids is 1. The van der Waals surface area contributed by atoms with Crippen molar-refractivity contribution in [1.29, 1.82) is 0 Å². The fourth-order valence-electron chi connectivity index (χ4n) is 2.42. The van der Waals surface area contributed by atoms with Crippen LogP contribution in [0.3, 0.4) is 0 Å². The van der Waals surface area contributed by atoms with Crippen molar-refractivity contribution in [3.63, 3.8) is 0 Å². The molecular formula is C19H20FNO6. The highest BCUT2D eigenvalue weighted by molar-refractivity contribution is 5.89. The minimum Gasteiger partial charge on any atom is -0.494 e. The predicted molar refractivity (Wildman–Crippen MR) is 95.5 cm³/mol. The Balaban J connectivity index is 2.52. The molecule has 0 spiro atoms. The van der Waals surface area contributed by atoms with Gasteiger partial charge in [0.15, 0.2) is 11.6 Å². The fourth-order valence-corrected chi connectivity index (χ4v) is 2.42. The molecule has 27 heavy (non-hydrogen) atoms. The summed E-state index contributed by atoms with van der Waals surface area (Å²) < 4.78 is 24.9. The first-order valence-corrected chi connectivity index (χ1v) is 8.05. The molecule has 0 radical (unpaired) electrons. The quantitative estimate of drug-likeness (QED) is 0.805. The second-order valence-electron chi connectivity index (χ2n) is 6.82. The van der Waals surface area contributed by atoms with Gasteiger partial charge in [-0.15, -0.1) is 0 Å². The van der Waals surface area contributed by atoms with Crippen LogP contribution >= 0.6 is 0 Å². The number of aromatic nitrogens is 1. The number of nitrogens with zero attached hydrogens (tertiary/aromatic N) is 1. The van der Waals surface area contributed by atoms with E-state index >= 15 is 0 Å². The molecule has 0 amide bonds. The molecule has 8 heteroatoms. The van der Waals surface area contributed by atoms with Crippen LogP contribution in [0.25, 0.3) is 11.1 Å². The zero-order valence-corrected chi connectivity index (χ0v) is 15.4. The standard InChI is InChI=1S/C19H20FNO6/c1-19(2,3)27-16(22)10-21-9-12(7-13(17(21)23)18(24)25)11-5-6-15(26-4)14(20)8-11/h5-9H,10H2,1-4H3,(H,24,25). The maximum absolute atomic E-state index is 14.0. The van der Waals surface area contributed by atoms with E-state index in [1.54, 1.807) is 20.8 Å². The molecule has 144 valence electrons. The molecular weight excluding hydrogens is 357 g/mol. The van der Waals surface area contributed by atoms with Gasteiger partial charge in [-0.1, -0.05) is 6.07 Å². The molecule has 1 aromatic carbocycles. The summed E-state index contributed by atoms with van der Waals surface area (Å²) in [7, 11) is 1.32. The Hall–Kier alpha value is -3.16. The lowest BCUT2D eigenvalue weighted by molar-refractivity contribution is -0.155. The number of ether oxygens (including phenoxy) is 2. The molecule has 2 rings (SSSR count). The van der Waals surface area contributed by atoms with E-state index in [2.05, 4.69) is 0 Å². The van der Waals surface area contributed by atoms with Gasteiger partial charge in [0.25, 0.3) is 5.56 Å². The lowest BCUT2D eigenvalue weighted by Crippen LogP contribution is -2.32. The van der Waals surface area contributed by atoms with Crippen LogP contribution in [0.15, 0.2) is 35.3 Å². The highest BCUT2D eigenvalue weighted by atomic mass is 19.1. The van der Waals surface area contributed by atoms with Crippen LogP contribution in [0.4, 0.5) is 4.39 Å².